The van der Waals surface area contributed by atoms with Crippen LogP contribution >= 0.6 is 11.8 Å². The second-order valence-electron chi connectivity index (χ2n) is 8.86. The molecule has 3 N–H and O–H groups in total. The molecule has 1 aliphatic carbocycles. The lowest BCUT2D eigenvalue weighted by Gasteiger charge is -2.29. The van der Waals surface area contributed by atoms with Gasteiger partial charge in [-0.25, -0.2) is 9.97 Å². The third-order valence-electron chi connectivity index (χ3n) is 6.11. The van der Waals surface area contributed by atoms with Crippen molar-refractivity contribution in [3.63, 3.8) is 0 Å². The van der Waals surface area contributed by atoms with Crippen molar-refractivity contribution < 1.29 is 19.4 Å². The summed E-state index contributed by atoms with van der Waals surface area (Å²) in [6.45, 7) is 2.28. The molecule has 0 aliphatic heterocycles. The van der Waals surface area contributed by atoms with E-state index in [9.17, 15) is 9.59 Å². The Kier molecular flexibility index (Phi) is 8.61. The van der Waals surface area contributed by atoms with Gasteiger partial charge in [-0.1, -0.05) is 6.07 Å². The quantitative estimate of drug-likeness (QED) is 0.378. The van der Waals surface area contributed by atoms with Gasteiger partial charge in [-0.05, 0) is 68.7 Å². The van der Waals surface area contributed by atoms with Gasteiger partial charge >= 0.3 is 0 Å². The highest BCUT2D eigenvalue weighted by Gasteiger charge is 2.26. The summed E-state index contributed by atoms with van der Waals surface area (Å²) < 4.78 is 7.66. The van der Waals surface area contributed by atoms with Crippen LogP contribution in [0.3, 0.4) is 0 Å². The first kappa shape index (κ1) is 25.7. The Morgan fingerprint density at radius 2 is 1.83 bits per heavy atom. The zero-order valence-electron chi connectivity index (χ0n) is 20.4. The van der Waals surface area contributed by atoms with Gasteiger partial charge in [0.05, 0.1) is 12.9 Å². The number of amides is 2. The van der Waals surface area contributed by atoms with Crippen molar-refractivity contribution in [2.24, 2.45) is 0 Å². The Morgan fingerprint density at radius 1 is 1.11 bits per heavy atom. The molecule has 0 bridgehead atoms. The summed E-state index contributed by atoms with van der Waals surface area (Å²) in [6, 6.07) is 9.48. The average Bonchev–Trinajstić information content (AvgIpc) is 3.35. The molecule has 0 spiro atoms. The molecular weight excluding hydrogens is 478 g/mol. The van der Waals surface area contributed by atoms with E-state index in [2.05, 4.69) is 20.6 Å². The van der Waals surface area contributed by atoms with E-state index in [-0.39, 0.29) is 36.4 Å². The van der Waals surface area contributed by atoms with Crippen molar-refractivity contribution in [1.29, 1.82) is 0 Å². The molecule has 10 heteroatoms. The van der Waals surface area contributed by atoms with Crippen LogP contribution in [0.4, 0.5) is 0 Å². The largest absolute Gasteiger partial charge is 0.438 e. The lowest BCUT2D eigenvalue weighted by atomic mass is 9.91. The molecule has 3 aromatic rings. The van der Waals surface area contributed by atoms with E-state index >= 15 is 0 Å². The maximum absolute atomic E-state index is 13.2. The summed E-state index contributed by atoms with van der Waals surface area (Å²) >= 11 is 1.62. The number of pyridine rings is 1. The highest BCUT2D eigenvalue weighted by atomic mass is 32.2. The molecule has 1 aliphatic rings. The zero-order valence-corrected chi connectivity index (χ0v) is 21.3. The highest BCUT2D eigenvalue weighted by molar-refractivity contribution is 7.98. The number of aliphatic hydroxyl groups is 1. The van der Waals surface area contributed by atoms with Crippen LogP contribution in [0.2, 0.25) is 0 Å². The third-order valence-corrected chi connectivity index (χ3v) is 6.84. The second-order valence-corrected chi connectivity index (χ2v) is 9.74. The Balaban J connectivity index is 1.33. The lowest BCUT2D eigenvalue weighted by Crippen LogP contribution is -2.44. The smallest absolute Gasteiger partial charge is 0.271 e. The summed E-state index contributed by atoms with van der Waals surface area (Å²) in [6.07, 6.45) is 9.86. The van der Waals surface area contributed by atoms with Crippen molar-refractivity contribution in [2.45, 2.75) is 56.1 Å². The van der Waals surface area contributed by atoms with Crippen LogP contribution in [0.1, 0.15) is 52.1 Å². The second kappa shape index (κ2) is 12.0. The number of rotatable bonds is 9. The van der Waals surface area contributed by atoms with Crippen molar-refractivity contribution in [3.8, 4) is 11.6 Å². The van der Waals surface area contributed by atoms with Crippen LogP contribution in [-0.4, -0.2) is 56.4 Å². The first-order valence-corrected chi connectivity index (χ1v) is 13.2. The van der Waals surface area contributed by atoms with E-state index in [1.165, 1.54) is 6.33 Å². The number of nitrogens with zero attached hydrogens (tertiary/aromatic N) is 3. The van der Waals surface area contributed by atoms with Gasteiger partial charge in [0.1, 0.15) is 17.0 Å². The highest BCUT2D eigenvalue weighted by Crippen LogP contribution is 2.28. The third kappa shape index (κ3) is 6.64. The van der Waals surface area contributed by atoms with Gasteiger partial charge < -0.3 is 25.0 Å². The number of carbonyl (C=O) groups excluding carboxylic acids is 2. The number of thioether (sulfide) groups is 1. The van der Waals surface area contributed by atoms with Crippen molar-refractivity contribution in [2.75, 3.05) is 12.9 Å². The van der Waals surface area contributed by atoms with Crippen molar-refractivity contribution >= 4 is 23.6 Å². The maximum atomic E-state index is 13.2. The van der Waals surface area contributed by atoms with Crippen LogP contribution in [0.15, 0.2) is 53.9 Å². The Hall–Kier alpha value is -3.37. The summed E-state index contributed by atoms with van der Waals surface area (Å²) in [4.78, 5) is 35.2. The predicted molar refractivity (Wildman–Crippen MR) is 138 cm³/mol. The van der Waals surface area contributed by atoms with Crippen LogP contribution in [-0.2, 0) is 6.54 Å². The first-order valence-electron chi connectivity index (χ1n) is 12.0. The average molecular weight is 510 g/mol. The fourth-order valence-electron chi connectivity index (χ4n) is 4.20. The van der Waals surface area contributed by atoms with Crippen LogP contribution < -0.4 is 15.4 Å². The SMILES string of the molecule is CSc1cccc(Oc2ncc(C)cc2C(=O)NC2CCC(NC(=O)c3cn(CCO)cn3)CC2)c1. The Labute approximate surface area is 214 Å². The number of aliphatic hydroxyl groups excluding tert-OH is 1. The first-order chi connectivity index (χ1) is 17.4. The van der Waals surface area contributed by atoms with Gasteiger partial charge in [0, 0.05) is 35.9 Å². The number of carbonyl (C=O) groups is 2. The monoisotopic (exact) mass is 509 g/mol. The van der Waals surface area contributed by atoms with Gasteiger partial charge in [0.15, 0.2) is 0 Å². The van der Waals surface area contributed by atoms with E-state index in [1.54, 1.807) is 34.8 Å². The number of imidazole rings is 1. The molecule has 36 heavy (non-hydrogen) atoms. The minimum atomic E-state index is -0.225. The summed E-state index contributed by atoms with van der Waals surface area (Å²) in [5.74, 6) is 0.462. The van der Waals surface area contributed by atoms with Crippen LogP contribution in [0.5, 0.6) is 11.6 Å². The predicted octanol–water partition coefficient (Wildman–Crippen LogP) is 3.56. The molecule has 1 fully saturated rings. The summed E-state index contributed by atoms with van der Waals surface area (Å²) in [5.41, 5.74) is 1.61. The molecular formula is C26H31N5O4S. The molecule has 2 amide bonds. The van der Waals surface area contributed by atoms with E-state index in [1.807, 2.05) is 37.4 Å². The molecule has 1 aromatic carbocycles. The molecule has 0 saturated heterocycles. The van der Waals surface area contributed by atoms with E-state index in [0.717, 1.165) is 36.1 Å². The molecule has 1 saturated carbocycles. The van der Waals surface area contributed by atoms with Crippen LogP contribution in [0.25, 0.3) is 0 Å². The fourth-order valence-corrected chi connectivity index (χ4v) is 4.65. The maximum Gasteiger partial charge on any atom is 0.271 e. The standard InChI is InChI=1S/C26H31N5O4S/c1-17-12-22(26(27-14-17)35-20-4-3-5-21(13-20)36-2)24(33)29-18-6-8-19(9-7-18)30-25(34)23-15-31(10-11-32)16-28-23/h3-5,12-16,18-19,32H,6-11H2,1-2H3,(H,29,33)(H,30,34). The normalized spacial score (nSPS) is 17.4. The number of benzene rings is 1. The van der Waals surface area contributed by atoms with Gasteiger partial charge in [0.2, 0.25) is 5.88 Å². The van der Waals surface area contributed by atoms with E-state index < -0.39 is 0 Å². The number of hydrogen-bond donors (Lipinski definition) is 3. The molecule has 190 valence electrons. The van der Waals surface area contributed by atoms with Gasteiger partial charge in [-0.3, -0.25) is 9.59 Å². The minimum Gasteiger partial charge on any atom is -0.438 e. The molecule has 0 radical (unpaired) electrons. The van der Waals surface area contributed by atoms with Gasteiger partial charge in [-0.2, -0.15) is 0 Å². The van der Waals surface area contributed by atoms with Crippen molar-refractivity contribution in [3.05, 3.63) is 65.9 Å². The lowest BCUT2D eigenvalue weighted by molar-refractivity contribution is 0.0888. The number of hydrogen-bond acceptors (Lipinski definition) is 7. The van der Waals surface area contributed by atoms with Gasteiger partial charge in [-0.15, -0.1) is 11.8 Å². The molecule has 2 aromatic heterocycles. The molecule has 2 heterocycles. The summed E-state index contributed by atoms with van der Waals surface area (Å²) in [5, 5.41) is 15.2. The topological polar surface area (TPSA) is 118 Å². The van der Waals surface area contributed by atoms with Crippen molar-refractivity contribution in [1.82, 2.24) is 25.2 Å². The Bertz CT molecular complexity index is 1210. The Morgan fingerprint density at radius 3 is 2.53 bits per heavy atom. The van der Waals surface area contributed by atoms with Crippen LogP contribution in [0, 0.1) is 6.92 Å². The van der Waals surface area contributed by atoms with Gasteiger partial charge in [0.25, 0.3) is 11.8 Å². The summed E-state index contributed by atoms with van der Waals surface area (Å²) in [7, 11) is 0. The molecule has 4 rings (SSSR count). The van der Waals surface area contributed by atoms with E-state index in [0.29, 0.717) is 23.6 Å². The number of aromatic nitrogens is 3. The number of aryl methyl sites for hydroxylation is 1. The molecule has 0 unspecified atom stereocenters. The minimum absolute atomic E-state index is 0.00240. The number of nitrogens with one attached hydrogen (secondary N) is 2. The molecule has 0 atom stereocenters. The van der Waals surface area contributed by atoms with E-state index in [4.69, 9.17) is 9.84 Å². The molecule has 9 nitrogen and oxygen atoms in total. The zero-order chi connectivity index (χ0) is 25.5. The fraction of sp³-hybridized carbons (Fsp3) is 0.385. The number of ether oxygens (including phenoxy) is 1.